The fraction of sp³-hybridized carbons (Fsp3) is 0.0769. The molecule has 0 saturated heterocycles. The van der Waals surface area contributed by atoms with Crippen LogP contribution in [0.5, 0.6) is 11.6 Å². The highest BCUT2D eigenvalue weighted by molar-refractivity contribution is 6.31. The number of rotatable bonds is 3. The highest BCUT2D eigenvalue weighted by atomic mass is 35.5. The van der Waals surface area contributed by atoms with Gasteiger partial charge in [-0.25, -0.2) is 4.98 Å². The van der Waals surface area contributed by atoms with Crippen LogP contribution in [0.15, 0.2) is 42.6 Å². The van der Waals surface area contributed by atoms with Gasteiger partial charge < -0.3 is 4.74 Å². The van der Waals surface area contributed by atoms with Crippen LogP contribution >= 0.6 is 11.6 Å². The van der Waals surface area contributed by atoms with E-state index >= 15 is 0 Å². The largest absolute Gasteiger partial charge is 0.439 e. The van der Waals surface area contributed by atoms with Crippen molar-refractivity contribution in [2.45, 2.75) is 6.42 Å². The van der Waals surface area contributed by atoms with Crippen LogP contribution in [0.4, 0.5) is 0 Å². The van der Waals surface area contributed by atoms with E-state index in [0.29, 0.717) is 22.2 Å². The molecule has 0 atom stereocenters. The van der Waals surface area contributed by atoms with Gasteiger partial charge in [0.25, 0.3) is 0 Å². The monoisotopic (exact) mass is 244 g/mol. The number of ether oxygens (including phenoxy) is 1. The van der Waals surface area contributed by atoms with Crippen LogP contribution in [-0.4, -0.2) is 4.98 Å². The second-order valence-corrected chi connectivity index (χ2v) is 3.73. The topological polar surface area (TPSA) is 45.9 Å². The van der Waals surface area contributed by atoms with Gasteiger partial charge in [0.2, 0.25) is 5.88 Å². The highest BCUT2D eigenvalue weighted by Gasteiger charge is 2.08. The Morgan fingerprint density at radius 2 is 2.12 bits per heavy atom. The van der Waals surface area contributed by atoms with E-state index in [1.54, 1.807) is 36.5 Å². The van der Waals surface area contributed by atoms with Crippen LogP contribution in [0, 0.1) is 11.3 Å². The lowest BCUT2D eigenvalue weighted by molar-refractivity contribution is 0.458. The van der Waals surface area contributed by atoms with Crippen LogP contribution in [0.2, 0.25) is 5.02 Å². The van der Waals surface area contributed by atoms with E-state index in [4.69, 9.17) is 21.6 Å². The number of aromatic nitrogens is 1. The molecule has 0 unspecified atom stereocenters. The van der Waals surface area contributed by atoms with Gasteiger partial charge in [-0.3, -0.25) is 0 Å². The average Bonchev–Trinajstić information content (AvgIpc) is 2.35. The Hall–Kier alpha value is -2.05. The lowest BCUT2D eigenvalue weighted by atomic mass is 10.1. The fourth-order valence-corrected chi connectivity index (χ4v) is 1.64. The first-order valence-electron chi connectivity index (χ1n) is 5.04. The molecule has 0 bridgehead atoms. The highest BCUT2D eigenvalue weighted by Crippen LogP contribution is 2.29. The quantitative estimate of drug-likeness (QED) is 0.829. The van der Waals surface area contributed by atoms with Crippen LogP contribution in [0.1, 0.15) is 5.56 Å². The van der Waals surface area contributed by atoms with Gasteiger partial charge in [-0.15, -0.1) is 0 Å². The summed E-state index contributed by atoms with van der Waals surface area (Å²) in [5, 5.41) is 9.28. The molecule has 2 aromatic rings. The van der Waals surface area contributed by atoms with Crippen LogP contribution in [0.25, 0.3) is 0 Å². The SMILES string of the molecule is N#CCc1c(Cl)cccc1Oc1ccccn1. The smallest absolute Gasteiger partial charge is 0.219 e. The van der Waals surface area contributed by atoms with E-state index in [1.165, 1.54) is 0 Å². The first-order valence-corrected chi connectivity index (χ1v) is 5.42. The Labute approximate surface area is 104 Å². The maximum Gasteiger partial charge on any atom is 0.219 e. The number of nitrogens with zero attached hydrogens (tertiary/aromatic N) is 2. The normalized spacial score (nSPS) is 9.65. The molecule has 1 aromatic carbocycles. The number of hydrogen-bond donors (Lipinski definition) is 0. The molecule has 0 N–H and O–H groups in total. The van der Waals surface area contributed by atoms with Crippen molar-refractivity contribution in [3.63, 3.8) is 0 Å². The minimum atomic E-state index is 0.210. The van der Waals surface area contributed by atoms with Gasteiger partial charge in [-0.1, -0.05) is 23.7 Å². The molecule has 0 amide bonds. The number of hydrogen-bond acceptors (Lipinski definition) is 3. The van der Waals surface area contributed by atoms with Gasteiger partial charge in [0.1, 0.15) is 5.75 Å². The van der Waals surface area contributed by atoms with E-state index in [2.05, 4.69) is 11.1 Å². The van der Waals surface area contributed by atoms with E-state index in [9.17, 15) is 0 Å². The van der Waals surface area contributed by atoms with Crippen molar-refractivity contribution in [1.82, 2.24) is 4.98 Å². The van der Waals surface area contributed by atoms with E-state index in [0.717, 1.165) is 0 Å². The molecule has 1 aromatic heterocycles. The summed E-state index contributed by atoms with van der Waals surface area (Å²) in [6.45, 7) is 0. The summed E-state index contributed by atoms with van der Waals surface area (Å²) in [6.07, 6.45) is 1.85. The second kappa shape index (κ2) is 5.33. The Balaban J connectivity index is 2.33. The summed E-state index contributed by atoms with van der Waals surface area (Å²) in [5.41, 5.74) is 0.683. The summed E-state index contributed by atoms with van der Waals surface area (Å²) in [7, 11) is 0. The van der Waals surface area contributed by atoms with Crippen LogP contribution in [0.3, 0.4) is 0 Å². The van der Waals surface area contributed by atoms with Gasteiger partial charge in [0.15, 0.2) is 0 Å². The van der Waals surface area contributed by atoms with Crippen molar-refractivity contribution in [1.29, 1.82) is 5.26 Å². The Bertz CT molecular complexity index is 549. The second-order valence-electron chi connectivity index (χ2n) is 3.32. The molecule has 0 saturated carbocycles. The lowest BCUT2D eigenvalue weighted by Crippen LogP contribution is -1.93. The molecular formula is C13H9ClN2O. The number of benzene rings is 1. The van der Waals surface area contributed by atoms with Gasteiger partial charge in [-0.2, -0.15) is 5.26 Å². The molecule has 0 radical (unpaired) electrons. The number of halogens is 1. The fourth-order valence-electron chi connectivity index (χ4n) is 1.41. The summed E-state index contributed by atoms with van der Waals surface area (Å²) in [5.74, 6) is 1.05. The predicted octanol–water partition coefficient (Wildman–Crippen LogP) is 3.59. The van der Waals surface area contributed by atoms with Crippen molar-refractivity contribution < 1.29 is 4.74 Å². The Morgan fingerprint density at radius 1 is 1.24 bits per heavy atom. The molecule has 84 valence electrons. The third kappa shape index (κ3) is 2.74. The third-order valence-electron chi connectivity index (χ3n) is 2.18. The maximum atomic E-state index is 8.75. The van der Waals surface area contributed by atoms with Crippen molar-refractivity contribution in [3.8, 4) is 17.7 Å². The van der Waals surface area contributed by atoms with Crippen molar-refractivity contribution in [2.75, 3.05) is 0 Å². The molecule has 1 heterocycles. The first-order chi connectivity index (χ1) is 8.31. The van der Waals surface area contributed by atoms with E-state index in [-0.39, 0.29) is 6.42 Å². The van der Waals surface area contributed by atoms with Gasteiger partial charge in [0.05, 0.1) is 12.5 Å². The molecule has 17 heavy (non-hydrogen) atoms. The minimum Gasteiger partial charge on any atom is -0.439 e. The molecule has 4 heteroatoms. The molecule has 0 fully saturated rings. The molecule has 2 rings (SSSR count). The molecule has 0 aliphatic carbocycles. The Morgan fingerprint density at radius 3 is 2.82 bits per heavy atom. The van der Waals surface area contributed by atoms with Crippen LogP contribution < -0.4 is 4.74 Å². The van der Waals surface area contributed by atoms with Crippen molar-refractivity contribution in [3.05, 3.63) is 53.2 Å². The van der Waals surface area contributed by atoms with Gasteiger partial charge in [-0.05, 0) is 18.2 Å². The van der Waals surface area contributed by atoms with Crippen molar-refractivity contribution in [2.24, 2.45) is 0 Å². The molecule has 3 nitrogen and oxygen atoms in total. The van der Waals surface area contributed by atoms with E-state index in [1.807, 2.05) is 6.07 Å². The standard InChI is InChI=1S/C13H9ClN2O/c14-11-4-3-5-12(10(11)7-8-15)17-13-6-1-2-9-16-13/h1-6,9H,7H2. The average molecular weight is 245 g/mol. The zero-order chi connectivity index (χ0) is 12.1. The summed E-state index contributed by atoms with van der Waals surface area (Å²) >= 11 is 6.02. The summed E-state index contributed by atoms with van der Waals surface area (Å²) < 4.78 is 5.60. The minimum absolute atomic E-state index is 0.210. The molecule has 0 aliphatic heterocycles. The molecule has 0 aliphatic rings. The zero-order valence-corrected chi connectivity index (χ0v) is 9.69. The third-order valence-corrected chi connectivity index (χ3v) is 2.54. The number of pyridine rings is 1. The molecular weight excluding hydrogens is 236 g/mol. The summed E-state index contributed by atoms with van der Waals surface area (Å²) in [4.78, 5) is 4.06. The molecule has 0 spiro atoms. The Kier molecular flexibility index (Phi) is 3.59. The lowest BCUT2D eigenvalue weighted by Gasteiger charge is -2.09. The van der Waals surface area contributed by atoms with E-state index < -0.39 is 0 Å². The van der Waals surface area contributed by atoms with Crippen molar-refractivity contribution >= 4 is 11.6 Å². The maximum absolute atomic E-state index is 8.75. The van der Waals surface area contributed by atoms with Gasteiger partial charge in [0, 0.05) is 22.8 Å². The first kappa shape index (κ1) is 11.4. The van der Waals surface area contributed by atoms with Crippen LogP contribution in [-0.2, 0) is 6.42 Å². The zero-order valence-electron chi connectivity index (χ0n) is 8.93. The summed E-state index contributed by atoms with van der Waals surface area (Å²) in [6, 6.07) is 12.7. The predicted molar refractivity (Wildman–Crippen MR) is 65.1 cm³/mol. The van der Waals surface area contributed by atoms with Gasteiger partial charge >= 0.3 is 0 Å². The number of nitriles is 1.